The topological polar surface area (TPSA) is 68.5 Å². The summed E-state index contributed by atoms with van der Waals surface area (Å²) in [5.41, 5.74) is 0.992. The van der Waals surface area contributed by atoms with Crippen LogP contribution in [-0.4, -0.2) is 24.5 Å². The number of furan rings is 1. The largest absolute Gasteiger partial charge is 0.461 e. The molecule has 122 valence electrons. The second-order valence-electron chi connectivity index (χ2n) is 5.16. The molecule has 0 aliphatic heterocycles. The van der Waals surface area contributed by atoms with Crippen molar-refractivity contribution < 1.29 is 18.7 Å². The van der Waals surface area contributed by atoms with Gasteiger partial charge in [-0.3, -0.25) is 9.59 Å². The minimum Gasteiger partial charge on any atom is -0.461 e. The van der Waals surface area contributed by atoms with Crippen LogP contribution in [0.1, 0.15) is 26.0 Å². The molecule has 1 aromatic carbocycles. The van der Waals surface area contributed by atoms with E-state index in [0.29, 0.717) is 18.7 Å². The highest BCUT2D eigenvalue weighted by Crippen LogP contribution is 2.22. The van der Waals surface area contributed by atoms with Gasteiger partial charge in [0.15, 0.2) is 6.10 Å². The number of ether oxygens (including phenoxy) is 1. The average molecular weight is 315 g/mol. The first-order valence-corrected chi connectivity index (χ1v) is 7.71. The molecule has 0 unspecified atom stereocenters. The Kier molecular flexibility index (Phi) is 5.97. The summed E-state index contributed by atoms with van der Waals surface area (Å²) in [6.07, 6.45) is -0.168. The van der Waals surface area contributed by atoms with E-state index < -0.39 is 12.1 Å². The number of aryl methyl sites for hydroxylation is 1. The smallest absolute Gasteiger partial charge is 0.307 e. The summed E-state index contributed by atoms with van der Waals surface area (Å²) in [6, 6.07) is 13.5. The molecule has 23 heavy (non-hydrogen) atoms. The van der Waals surface area contributed by atoms with E-state index in [0.717, 1.165) is 11.3 Å². The molecule has 5 nitrogen and oxygen atoms in total. The molecule has 0 radical (unpaired) electrons. The molecule has 0 aliphatic carbocycles. The monoisotopic (exact) mass is 315 g/mol. The van der Waals surface area contributed by atoms with E-state index in [-0.39, 0.29) is 12.3 Å². The average Bonchev–Trinajstić information content (AvgIpc) is 3.03. The van der Waals surface area contributed by atoms with Crippen molar-refractivity contribution >= 4 is 11.9 Å². The Balaban J connectivity index is 1.83. The summed E-state index contributed by atoms with van der Waals surface area (Å²) in [5, 5.41) is 2.61. The van der Waals surface area contributed by atoms with E-state index in [1.807, 2.05) is 49.4 Å². The Morgan fingerprint density at radius 1 is 1.17 bits per heavy atom. The summed E-state index contributed by atoms with van der Waals surface area (Å²) in [7, 11) is 0. The third-order valence-electron chi connectivity index (χ3n) is 3.32. The fourth-order valence-corrected chi connectivity index (χ4v) is 2.12. The van der Waals surface area contributed by atoms with Crippen molar-refractivity contribution in [3.8, 4) is 11.3 Å². The zero-order chi connectivity index (χ0) is 16.7. The van der Waals surface area contributed by atoms with Gasteiger partial charge in [0.25, 0.3) is 5.91 Å². The van der Waals surface area contributed by atoms with Gasteiger partial charge >= 0.3 is 5.97 Å². The predicted octanol–water partition coefficient (Wildman–Crippen LogP) is 2.95. The van der Waals surface area contributed by atoms with E-state index in [2.05, 4.69) is 5.32 Å². The van der Waals surface area contributed by atoms with Crippen LogP contribution < -0.4 is 5.32 Å². The molecule has 2 rings (SSSR count). The lowest BCUT2D eigenvalue weighted by Crippen LogP contribution is -2.35. The molecular weight excluding hydrogens is 294 g/mol. The number of benzene rings is 1. The van der Waals surface area contributed by atoms with Crippen LogP contribution in [0.4, 0.5) is 0 Å². The van der Waals surface area contributed by atoms with Crippen LogP contribution >= 0.6 is 0 Å². The summed E-state index contributed by atoms with van der Waals surface area (Å²) >= 11 is 0. The fourth-order valence-electron chi connectivity index (χ4n) is 2.12. The Hall–Kier alpha value is -2.56. The van der Waals surface area contributed by atoms with Crippen molar-refractivity contribution in [2.24, 2.45) is 0 Å². The normalized spacial score (nSPS) is 11.7. The number of rotatable bonds is 7. The first kappa shape index (κ1) is 16.8. The van der Waals surface area contributed by atoms with Crippen molar-refractivity contribution in [2.45, 2.75) is 32.8 Å². The Morgan fingerprint density at radius 3 is 2.61 bits per heavy atom. The van der Waals surface area contributed by atoms with Gasteiger partial charge < -0.3 is 14.5 Å². The fraction of sp³-hybridized carbons (Fsp3) is 0.333. The van der Waals surface area contributed by atoms with Gasteiger partial charge in [-0.25, -0.2) is 0 Å². The van der Waals surface area contributed by atoms with Gasteiger partial charge in [-0.1, -0.05) is 30.3 Å². The number of carbonyl (C=O) groups is 2. The summed E-state index contributed by atoms with van der Waals surface area (Å²) in [6.45, 7) is 3.88. The van der Waals surface area contributed by atoms with Gasteiger partial charge in [0.05, 0.1) is 6.42 Å². The quantitative estimate of drug-likeness (QED) is 0.798. The van der Waals surface area contributed by atoms with Crippen molar-refractivity contribution in [3.63, 3.8) is 0 Å². The first-order valence-electron chi connectivity index (χ1n) is 7.71. The summed E-state index contributed by atoms with van der Waals surface area (Å²) < 4.78 is 10.8. The van der Waals surface area contributed by atoms with Gasteiger partial charge in [-0.15, -0.1) is 0 Å². The standard InChI is InChI=1S/C18H21NO4/c1-3-19-18(21)13(2)22-17(20)12-10-15-9-11-16(23-15)14-7-5-4-6-8-14/h4-9,11,13H,3,10,12H2,1-2H3,(H,19,21)/t13-/m1/s1. The number of esters is 1. The maximum absolute atomic E-state index is 11.8. The van der Waals surface area contributed by atoms with Crippen molar-refractivity contribution in [1.82, 2.24) is 5.32 Å². The van der Waals surface area contributed by atoms with Crippen LogP contribution in [0.15, 0.2) is 46.9 Å². The van der Waals surface area contributed by atoms with Crippen LogP contribution in [0.5, 0.6) is 0 Å². The zero-order valence-electron chi connectivity index (χ0n) is 13.4. The Labute approximate surface area is 135 Å². The molecule has 0 aliphatic rings. The molecule has 0 bridgehead atoms. The highest BCUT2D eigenvalue weighted by Gasteiger charge is 2.17. The first-order chi connectivity index (χ1) is 11.1. The van der Waals surface area contributed by atoms with Crippen molar-refractivity contribution in [1.29, 1.82) is 0 Å². The van der Waals surface area contributed by atoms with Crippen molar-refractivity contribution in [3.05, 3.63) is 48.2 Å². The van der Waals surface area contributed by atoms with Crippen LogP contribution in [0, 0.1) is 0 Å². The molecule has 0 saturated carbocycles. The van der Waals surface area contributed by atoms with E-state index >= 15 is 0 Å². The molecular formula is C18H21NO4. The molecule has 2 aromatic rings. The van der Waals surface area contributed by atoms with Gasteiger partial charge in [0.2, 0.25) is 0 Å². The summed E-state index contributed by atoms with van der Waals surface area (Å²) in [4.78, 5) is 23.3. The minimum absolute atomic E-state index is 0.172. The highest BCUT2D eigenvalue weighted by molar-refractivity contribution is 5.83. The predicted molar refractivity (Wildman–Crippen MR) is 86.7 cm³/mol. The highest BCUT2D eigenvalue weighted by atomic mass is 16.5. The van der Waals surface area contributed by atoms with E-state index in [9.17, 15) is 9.59 Å². The van der Waals surface area contributed by atoms with Gasteiger partial charge in [-0.05, 0) is 26.0 Å². The van der Waals surface area contributed by atoms with Gasteiger partial charge in [0, 0.05) is 18.5 Å². The molecule has 0 fully saturated rings. The number of amides is 1. The molecule has 1 heterocycles. The third-order valence-corrected chi connectivity index (χ3v) is 3.32. The molecule has 1 N–H and O–H groups in total. The Bertz CT molecular complexity index is 648. The number of hydrogen-bond acceptors (Lipinski definition) is 4. The van der Waals surface area contributed by atoms with E-state index in [4.69, 9.17) is 9.15 Å². The summed E-state index contributed by atoms with van der Waals surface area (Å²) in [5.74, 6) is 0.780. The third kappa shape index (κ3) is 4.98. The molecule has 1 atom stereocenters. The minimum atomic E-state index is -0.779. The molecule has 1 aromatic heterocycles. The molecule has 5 heteroatoms. The second kappa shape index (κ2) is 8.17. The van der Waals surface area contributed by atoms with Crippen LogP contribution in [0.2, 0.25) is 0 Å². The SMILES string of the molecule is CCNC(=O)[C@@H](C)OC(=O)CCc1ccc(-c2ccccc2)o1. The van der Waals surface area contributed by atoms with Crippen LogP contribution in [-0.2, 0) is 20.7 Å². The zero-order valence-corrected chi connectivity index (χ0v) is 13.4. The van der Waals surface area contributed by atoms with E-state index in [1.165, 1.54) is 0 Å². The van der Waals surface area contributed by atoms with Crippen molar-refractivity contribution in [2.75, 3.05) is 6.54 Å². The van der Waals surface area contributed by atoms with Gasteiger partial charge in [-0.2, -0.15) is 0 Å². The number of likely N-dealkylation sites (N-methyl/N-ethyl adjacent to an activating group) is 1. The maximum Gasteiger partial charge on any atom is 0.307 e. The lowest BCUT2D eigenvalue weighted by Gasteiger charge is -2.12. The number of nitrogens with one attached hydrogen (secondary N) is 1. The molecule has 1 amide bonds. The number of carbonyl (C=O) groups excluding carboxylic acids is 2. The molecule has 0 saturated heterocycles. The lowest BCUT2D eigenvalue weighted by molar-refractivity contribution is -0.154. The Morgan fingerprint density at radius 2 is 1.91 bits per heavy atom. The van der Waals surface area contributed by atoms with E-state index in [1.54, 1.807) is 6.92 Å². The van der Waals surface area contributed by atoms with Crippen LogP contribution in [0.3, 0.4) is 0 Å². The molecule has 0 spiro atoms. The lowest BCUT2D eigenvalue weighted by atomic mass is 10.2. The van der Waals surface area contributed by atoms with Crippen LogP contribution in [0.25, 0.3) is 11.3 Å². The van der Waals surface area contributed by atoms with Gasteiger partial charge in [0.1, 0.15) is 11.5 Å². The number of hydrogen-bond donors (Lipinski definition) is 1. The maximum atomic E-state index is 11.8. The second-order valence-corrected chi connectivity index (χ2v) is 5.16.